The van der Waals surface area contributed by atoms with Gasteiger partial charge in [0, 0.05) is 30.9 Å². The number of thiophene rings is 1. The van der Waals surface area contributed by atoms with Gasteiger partial charge in [0.25, 0.3) is 0 Å². The Morgan fingerprint density at radius 1 is 1.67 bits per heavy atom. The molecule has 2 N–H and O–H groups in total. The average Bonchev–Trinajstić information content (AvgIpc) is 2.96. The molecule has 3 nitrogen and oxygen atoms in total. The molecule has 1 fully saturated rings. The second kappa shape index (κ2) is 4.66. The van der Waals surface area contributed by atoms with E-state index >= 15 is 0 Å². The summed E-state index contributed by atoms with van der Waals surface area (Å²) >= 11 is 1.78. The summed E-state index contributed by atoms with van der Waals surface area (Å²) in [6.45, 7) is 0.795. The van der Waals surface area contributed by atoms with Gasteiger partial charge in [-0.2, -0.15) is 0 Å². The zero-order valence-electron chi connectivity index (χ0n) is 9.02. The third-order valence-corrected chi connectivity index (χ3v) is 3.60. The minimum absolute atomic E-state index is 0.649. The zero-order valence-corrected chi connectivity index (χ0v) is 9.83. The van der Waals surface area contributed by atoms with Crippen molar-refractivity contribution in [1.29, 1.82) is 0 Å². The highest BCUT2D eigenvalue weighted by atomic mass is 32.1. The van der Waals surface area contributed by atoms with Gasteiger partial charge in [-0.25, -0.2) is 0 Å². The molecule has 0 spiro atoms. The van der Waals surface area contributed by atoms with Crippen molar-refractivity contribution in [3.63, 3.8) is 0 Å². The van der Waals surface area contributed by atoms with Gasteiger partial charge in [-0.3, -0.25) is 4.99 Å². The molecule has 1 aromatic heterocycles. The topological polar surface area (TPSA) is 41.6 Å². The average molecular weight is 223 g/mol. The molecule has 15 heavy (non-hydrogen) atoms. The molecule has 0 saturated heterocycles. The van der Waals surface area contributed by atoms with Crippen molar-refractivity contribution < 1.29 is 0 Å². The van der Waals surface area contributed by atoms with Gasteiger partial charge in [0.15, 0.2) is 5.96 Å². The van der Waals surface area contributed by atoms with Crippen LogP contribution in [0.15, 0.2) is 22.5 Å². The van der Waals surface area contributed by atoms with Crippen molar-refractivity contribution in [2.45, 2.75) is 25.3 Å². The van der Waals surface area contributed by atoms with Gasteiger partial charge in [0.2, 0.25) is 0 Å². The molecule has 0 atom stereocenters. The molecule has 0 bridgehead atoms. The molecule has 1 aromatic rings. The minimum atomic E-state index is 0.649. The van der Waals surface area contributed by atoms with Crippen LogP contribution in [0.5, 0.6) is 0 Å². The molecular weight excluding hydrogens is 206 g/mol. The lowest BCUT2D eigenvalue weighted by Crippen LogP contribution is -2.35. The third-order valence-electron chi connectivity index (χ3n) is 2.67. The molecule has 2 rings (SSSR count). The number of rotatable bonds is 4. The molecule has 0 unspecified atom stereocenters. The Morgan fingerprint density at radius 2 is 2.47 bits per heavy atom. The van der Waals surface area contributed by atoms with Crippen LogP contribution in [0, 0.1) is 0 Å². The monoisotopic (exact) mass is 223 g/mol. The van der Waals surface area contributed by atoms with Crippen molar-refractivity contribution in [1.82, 2.24) is 4.90 Å². The summed E-state index contributed by atoms with van der Waals surface area (Å²) in [6, 6.07) is 4.86. The lowest BCUT2D eigenvalue weighted by molar-refractivity contribution is 0.487. The summed E-state index contributed by atoms with van der Waals surface area (Å²) in [4.78, 5) is 7.85. The number of hydrogen-bond donors (Lipinski definition) is 1. The molecule has 1 aliphatic carbocycles. The number of nitrogens with two attached hydrogens (primary N) is 1. The Labute approximate surface area is 94.6 Å². The first kappa shape index (κ1) is 10.5. The van der Waals surface area contributed by atoms with E-state index in [1.165, 1.54) is 17.7 Å². The first-order valence-corrected chi connectivity index (χ1v) is 6.20. The lowest BCUT2D eigenvalue weighted by atomic mass is 10.3. The third kappa shape index (κ3) is 2.96. The van der Waals surface area contributed by atoms with Crippen LogP contribution in [0.25, 0.3) is 0 Å². The van der Waals surface area contributed by atoms with E-state index in [-0.39, 0.29) is 0 Å². The second-order valence-electron chi connectivity index (χ2n) is 3.91. The van der Waals surface area contributed by atoms with Crippen LogP contribution in [-0.2, 0) is 6.42 Å². The quantitative estimate of drug-likeness (QED) is 0.623. The summed E-state index contributed by atoms with van der Waals surface area (Å²) in [5.41, 5.74) is 5.88. The molecule has 0 aromatic carbocycles. The summed E-state index contributed by atoms with van der Waals surface area (Å²) in [6.07, 6.45) is 3.52. The van der Waals surface area contributed by atoms with Gasteiger partial charge in [0.05, 0.1) is 0 Å². The predicted molar refractivity (Wildman–Crippen MR) is 65.3 cm³/mol. The SMILES string of the molecule is CN(C(N)=NCCc1cccs1)C1CC1. The number of guanidine groups is 1. The molecule has 82 valence electrons. The highest BCUT2D eigenvalue weighted by molar-refractivity contribution is 7.09. The summed E-state index contributed by atoms with van der Waals surface area (Å²) < 4.78 is 0. The smallest absolute Gasteiger partial charge is 0.191 e. The van der Waals surface area contributed by atoms with Crippen LogP contribution in [0.1, 0.15) is 17.7 Å². The Kier molecular flexibility index (Phi) is 3.26. The number of nitrogens with zero attached hydrogens (tertiary/aromatic N) is 2. The molecule has 1 heterocycles. The largest absolute Gasteiger partial charge is 0.370 e. The molecule has 4 heteroatoms. The van der Waals surface area contributed by atoms with E-state index in [4.69, 9.17) is 5.73 Å². The normalized spacial score (nSPS) is 16.7. The maximum Gasteiger partial charge on any atom is 0.191 e. The predicted octanol–water partition coefficient (Wildman–Crippen LogP) is 1.70. The van der Waals surface area contributed by atoms with E-state index in [0.29, 0.717) is 12.0 Å². The highest BCUT2D eigenvalue weighted by Crippen LogP contribution is 2.24. The van der Waals surface area contributed by atoms with Crippen molar-refractivity contribution in [3.8, 4) is 0 Å². The highest BCUT2D eigenvalue weighted by Gasteiger charge is 2.27. The van der Waals surface area contributed by atoms with Gasteiger partial charge in [-0.05, 0) is 24.3 Å². The fraction of sp³-hybridized carbons (Fsp3) is 0.545. The number of aliphatic imine (C=N–C) groups is 1. The maximum atomic E-state index is 5.88. The maximum absolute atomic E-state index is 5.88. The fourth-order valence-electron chi connectivity index (χ4n) is 1.50. The Hall–Kier alpha value is -1.03. The molecule has 0 radical (unpaired) electrons. The van der Waals surface area contributed by atoms with Crippen molar-refractivity contribution >= 4 is 17.3 Å². The fourth-order valence-corrected chi connectivity index (χ4v) is 2.19. The van der Waals surface area contributed by atoms with Crippen LogP contribution >= 0.6 is 11.3 Å². The lowest BCUT2D eigenvalue weighted by Gasteiger charge is -2.16. The van der Waals surface area contributed by atoms with E-state index < -0.39 is 0 Å². The van der Waals surface area contributed by atoms with Gasteiger partial charge in [-0.15, -0.1) is 11.3 Å². The minimum Gasteiger partial charge on any atom is -0.370 e. The number of hydrogen-bond acceptors (Lipinski definition) is 2. The summed E-state index contributed by atoms with van der Waals surface area (Å²) in [5.74, 6) is 0.689. The van der Waals surface area contributed by atoms with Crippen molar-refractivity contribution in [2.75, 3.05) is 13.6 Å². The van der Waals surface area contributed by atoms with E-state index in [0.717, 1.165) is 13.0 Å². The van der Waals surface area contributed by atoms with Crippen LogP contribution in [0.2, 0.25) is 0 Å². The van der Waals surface area contributed by atoms with E-state index in [1.54, 1.807) is 11.3 Å². The van der Waals surface area contributed by atoms with Crippen LogP contribution in [0.3, 0.4) is 0 Å². The molecule has 1 saturated carbocycles. The van der Waals surface area contributed by atoms with Crippen molar-refractivity contribution in [3.05, 3.63) is 22.4 Å². The molecule has 1 aliphatic rings. The molecule has 0 aliphatic heterocycles. The van der Waals surface area contributed by atoms with E-state index in [2.05, 4.69) is 27.4 Å². The van der Waals surface area contributed by atoms with E-state index in [1.807, 2.05) is 7.05 Å². The van der Waals surface area contributed by atoms with Crippen LogP contribution in [0.4, 0.5) is 0 Å². The Bertz CT molecular complexity index is 328. The molecule has 0 amide bonds. The summed E-state index contributed by atoms with van der Waals surface area (Å²) in [7, 11) is 2.03. The van der Waals surface area contributed by atoms with Gasteiger partial charge < -0.3 is 10.6 Å². The summed E-state index contributed by atoms with van der Waals surface area (Å²) in [5, 5.41) is 2.10. The van der Waals surface area contributed by atoms with Crippen LogP contribution < -0.4 is 5.73 Å². The standard InChI is InChI=1S/C11H17N3S/c1-14(9-4-5-9)11(12)13-7-6-10-3-2-8-15-10/h2-3,8-9H,4-7H2,1H3,(H2,12,13). The van der Waals surface area contributed by atoms with Crippen molar-refractivity contribution in [2.24, 2.45) is 10.7 Å². The van der Waals surface area contributed by atoms with Crippen LogP contribution in [-0.4, -0.2) is 30.5 Å². The van der Waals surface area contributed by atoms with Gasteiger partial charge >= 0.3 is 0 Å². The second-order valence-corrected chi connectivity index (χ2v) is 4.94. The Morgan fingerprint density at radius 3 is 3.07 bits per heavy atom. The zero-order chi connectivity index (χ0) is 10.7. The molecular formula is C11H17N3S. The van der Waals surface area contributed by atoms with Gasteiger partial charge in [0.1, 0.15) is 0 Å². The first-order chi connectivity index (χ1) is 7.27. The van der Waals surface area contributed by atoms with E-state index in [9.17, 15) is 0 Å². The van der Waals surface area contributed by atoms with Gasteiger partial charge in [-0.1, -0.05) is 6.07 Å². The Balaban J connectivity index is 1.77. The first-order valence-electron chi connectivity index (χ1n) is 5.32.